The number of hydrogen-bond acceptors (Lipinski definition) is 3. The molecule has 0 aliphatic carbocycles. The minimum Gasteiger partial charge on any atom is -0.324 e. The Morgan fingerprint density at radius 2 is 1.89 bits per heavy atom. The van der Waals surface area contributed by atoms with Crippen LogP contribution in [-0.4, -0.2) is 24.9 Å². The summed E-state index contributed by atoms with van der Waals surface area (Å²) < 4.78 is 47.7. The van der Waals surface area contributed by atoms with E-state index in [0.717, 1.165) is 6.07 Å². The summed E-state index contributed by atoms with van der Waals surface area (Å²) in [5.41, 5.74) is -0.158. The first-order chi connectivity index (χ1) is 8.26. The molecule has 1 aromatic rings. The highest BCUT2D eigenvalue weighted by atomic mass is 79.9. The molecule has 0 saturated carbocycles. The Labute approximate surface area is 111 Å². The fourth-order valence-corrected chi connectivity index (χ4v) is 2.15. The average Bonchev–Trinajstić information content (AvgIpc) is 2.29. The first kappa shape index (κ1) is 15.0. The van der Waals surface area contributed by atoms with Gasteiger partial charge in [-0.1, -0.05) is 28.1 Å². The molecule has 0 aromatic heterocycles. The lowest BCUT2D eigenvalue weighted by Gasteiger charge is -2.11. The zero-order valence-electron chi connectivity index (χ0n) is 9.23. The minimum atomic E-state index is -4.74. The molecule has 1 N–H and O–H groups in total. The smallest absolute Gasteiger partial charge is 0.324 e. The van der Waals surface area contributed by atoms with Gasteiger partial charge in [0.1, 0.15) is 0 Å². The van der Waals surface area contributed by atoms with Gasteiger partial charge in [-0.15, -0.1) is 0 Å². The molecule has 1 amide bonds. The van der Waals surface area contributed by atoms with E-state index in [0.29, 0.717) is 0 Å². The van der Waals surface area contributed by atoms with Gasteiger partial charge in [-0.25, -0.2) is 8.42 Å². The van der Waals surface area contributed by atoms with Crippen molar-refractivity contribution >= 4 is 37.4 Å². The number of alkyl halides is 3. The summed E-state index contributed by atoms with van der Waals surface area (Å²) in [4.78, 5) is 10.3. The maximum Gasteiger partial charge on any atom is 0.341 e. The Hall–Kier alpha value is -1.02. The molecule has 1 unspecified atom stereocenters. The molecular weight excluding hydrogens is 332 g/mol. The molecule has 18 heavy (non-hydrogen) atoms. The summed E-state index contributed by atoms with van der Waals surface area (Å²) in [7, 11) is -4.74. The van der Waals surface area contributed by atoms with Crippen molar-refractivity contribution in [2.45, 2.75) is 22.4 Å². The molecule has 100 valence electrons. The Kier molecular flexibility index (Phi) is 4.80. The Balaban J connectivity index is 3.20. The summed E-state index contributed by atoms with van der Waals surface area (Å²) in [5, 5.41) is 2.27. The third-order valence-electron chi connectivity index (χ3n) is 2.05. The van der Waals surface area contributed by atoms with E-state index in [1.54, 1.807) is 0 Å². The first-order valence-corrected chi connectivity index (χ1v) is 7.29. The number of hydrogen-bond donors (Lipinski definition) is 1. The van der Waals surface area contributed by atoms with Gasteiger partial charge in [0.2, 0.25) is 15.7 Å². The van der Waals surface area contributed by atoms with E-state index in [1.807, 2.05) is 0 Å². The van der Waals surface area contributed by atoms with Crippen molar-refractivity contribution in [3.8, 4) is 0 Å². The van der Waals surface area contributed by atoms with Gasteiger partial charge in [0.25, 0.3) is 0 Å². The van der Waals surface area contributed by atoms with Crippen molar-refractivity contribution in [1.82, 2.24) is 0 Å². The molecule has 0 aliphatic rings. The van der Waals surface area contributed by atoms with Gasteiger partial charge in [0.05, 0.1) is 15.4 Å². The van der Waals surface area contributed by atoms with E-state index in [4.69, 9.17) is 0 Å². The fraction of sp³-hybridized carbons (Fsp3) is 0.300. The summed E-state index contributed by atoms with van der Waals surface area (Å²) in [5.74, 6) is -4.05. The number of carbonyl (C=O) groups is 1. The minimum absolute atomic E-state index is 0.158. The van der Waals surface area contributed by atoms with E-state index >= 15 is 0 Å². The van der Waals surface area contributed by atoms with E-state index in [9.17, 15) is 22.0 Å². The van der Waals surface area contributed by atoms with Crippen molar-refractivity contribution in [2.24, 2.45) is 0 Å². The number of rotatable bonds is 4. The highest BCUT2D eigenvalue weighted by Gasteiger charge is 2.29. The molecule has 8 heteroatoms. The first-order valence-electron chi connectivity index (χ1n) is 4.83. The fourth-order valence-electron chi connectivity index (χ4n) is 1.15. The van der Waals surface area contributed by atoms with Crippen molar-refractivity contribution in [2.75, 3.05) is 5.32 Å². The Bertz CT molecular complexity index is 546. The number of sulfone groups is 1. The second-order valence-corrected chi connectivity index (χ2v) is 6.67. The molecule has 4 nitrogen and oxygen atoms in total. The number of benzene rings is 1. The topological polar surface area (TPSA) is 63.2 Å². The average molecular weight is 342 g/mol. The monoisotopic (exact) mass is 341 g/mol. The van der Waals surface area contributed by atoms with Crippen LogP contribution in [0.3, 0.4) is 0 Å². The normalized spacial score (nSPS) is 13.4. The standard InChI is InChI=1S/C10H10BrF2NO3S/c1-6(11)9(15)14-7-4-2-3-5-8(7)18(16,17)10(12)13/h2-6,10H,1H3,(H,14,15). The second-order valence-electron chi connectivity index (χ2n) is 3.41. The van der Waals surface area contributed by atoms with Gasteiger partial charge in [-0.2, -0.15) is 8.78 Å². The Morgan fingerprint density at radius 1 is 1.33 bits per heavy atom. The number of nitrogens with one attached hydrogen (secondary N) is 1. The molecule has 0 fully saturated rings. The molecule has 0 heterocycles. The maximum atomic E-state index is 12.5. The van der Waals surface area contributed by atoms with Crippen molar-refractivity contribution in [3.05, 3.63) is 24.3 Å². The van der Waals surface area contributed by atoms with Gasteiger partial charge in [-0.3, -0.25) is 4.79 Å². The van der Waals surface area contributed by atoms with Crippen molar-refractivity contribution in [3.63, 3.8) is 0 Å². The maximum absolute atomic E-state index is 12.5. The highest BCUT2D eigenvalue weighted by molar-refractivity contribution is 9.10. The van der Waals surface area contributed by atoms with Gasteiger partial charge in [0, 0.05) is 0 Å². The Morgan fingerprint density at radius 3 is 2.39 bits per heavy atom. The van der Waals surface area contributed by atoms with Crippen LogP contribution in [-0.2, 0) is 14.6 Å². The van der Waals surface area contributed by atoms with Crippen LogP contribution in [0.4, 0.5) is 14.5 Å². The molecule has 1 aromatic carbocycles. The predicted octanol–water partition coefficient (Wildman–Crippen LogP) is 2.40. The third kappa shape index (κ3) is 3.26. The van der Waals surface area contributed by atoms with Crippen LogP contribution in [0.1, 0.15) is 6.92 Å². The van der Waals surface area contributed by atoms with Crippen molar-refractivity contribution in [1.29, 1.82) is 0 Å². The molecule has 0 saturated heterocycles. The largest absolute Gasteiger partial charge is 0.341 e. The van der Waals surface area contributed by atoms with Crippen LogP contribution in [0.2, 0.25) is 0 Å². The SMILES string of the molecule is CC(Br)C(=O)Nc1ccccc1S(=O)(=O)C(F)F. The molecule has 1 atom stereocenters. The van der Waals surface area contributed by atoms with E-state index in [-0.39, 0.29) is 5.69 Å². The number of halogens is 3. The second kappa shape index (κ2) is 5.75. The third-order valence-corrected chi connectivity index (χ3v) is 3.90. The summed E-state index contributed by atoms with van der Waals surface area (Å²) in [6, 6.07) is 5.03. The molecule has 1 rings (SSSR count). The number of para-hydroxylation sites is 1. The van der Waals surface area contributed by atoms with Crippen molar-refractivity contribution < 1.29 is 22.0 Å². The molecule has 0 radical (unpaired) electrons. The quantitative estimate of drug-likeness (QED) is 0.855. The lowest BCUT2D eigenvalue weighted by molar-refractivity contribution is -0.115. The zero-order valence-corrected chi connectivity index (χ0v) is 11.6. The molecule has 0 bridgehead atoms. The lowest BCUT2D eigenvalue weighted by Crippen LogP contribution is -2.22. The molecule has 0 spiro atoms. The van der Waals surface area contributed by atoms with Crippen LogP contribution in [0.15, 0.2) is 29.2 Å². The predicted molar refractivity (Wildman–Crippen MR) is 66.7 cm³/mol. The van der Waals surface area contributed by atoms with Gasteiger partial charge < -0.3 is 5.32 Å². The van der Waals surface area contributed by atoms with Crippen LogP contribution in [0.5, 0.6) is 0 Å². The van der Waals surface area contributed by atoms with Gasteiger partial charge >= 0.3 is 5.76 Å². The lowest BCUT2D eigenvalue weighted by atomic mass is 10.3. The van der Waals surface area contributed by atoms with Crippen LogP contribution < -0.4 is 5.32 Å². The number of anilines is 1. The number of carbonyl (C=O) groups excluding carboxylic acids is 1. The van der Waals surface area contributed by atoms with Crippen LogP contribution in [0.25, 0.3) is 0 Å². The van der Waals surface area contributed by atoms with E-state index in [1.165, 1.54) is 25.1 Å². The zero-order chi connectivity index (χ0) is 13.9. The van der Waals surface area contributed by atoms with E-state index in [2.05, 4.69) is 21.2 Å². The summed E-state index contributed by atoms with van der Waals surface area (Å²) in [6.45, 7) is 1.53. The highest BCUT2D eigenvalue weighted by Crippen LogP contribution is 2.26. The van der Waals surface area contributed by atoms with E-state index < -0.39 is 31.2 Å². The summed E-state index contributed by atoms with van der Waals surface area (Å²) in [6.07, 6.45) is 0. The molecule has 0 aliphatic heterocycles. The van der Waals surface area contributed by atoms with Gasteiger partial charge in [-0.05, 0) is 19.1 Å². The van der Waals surface area contributed by atoms with Crippen LogP contribution in [0, 0.1) is 0 Å². The number of amides is 1. The summed E-state index contributed by atoms with van der Waals surface area (Å²) >= 11 is 2.99. The van der Waals surface area contributed by atoms with Crippen LogP contribution >= 0.6 is 15.9 Å². The van der Waals surface area contributed by atoms with Gasteiger partial charge in [0.15, 0.2) is 0 Å². The molecular formula is C10H10BrF2NO3S.